The fraction of sp³-hybridized carbons (Fsp3) is 0. The Bertz CT molecular complexity index is 3290. The van der Waals surface area contributed by atoms with Crippen molar-refractivity contribution >= 4 is 31.4 Å². The summed E-state index contributed by atoms with van der Waals surface area (Å²) in [6.07, 6.45) is 0. The summed E-state index contributed by atoms with van der Waals surface area (Å²) in [4.78, 5) is 26.9. The van der Waals surface area contributed by atoms with Crippen LogP contribution in [-0.2, 0) is 9.84 Å². The van der Waals surface area contributed by atoms with Crippen molar-refractivity contribution in [3.63, 3.8) is 0 Å². The van der Waals surface area contributed by atoms with Gasteiger partial charge in [0.2, 0.25) is 9.84 Å². The van der Waals surface area contributed by atoms with Gasteiger partial charge in [-0.15, -0.1) is 0 Å². The van der Waals surface area contributed by atoms with E-state index in [1.165, 1.54) is 33.6 Å². The summed E-state index contributed by atoms with van der Waals surface area (Å²) in [5.74, 6) is 2.00. The van der Waals surface area contributed by atoms with Gasteiger partial charge in [0.05, 0.1) is 43.3 Å². The van der Waals surface area contributed by atoms with Crippen molar-refractivity contribution in [2.75, 3.05) is 0 Å². The molecule has 0 saturated carbocycles. The molecule has 0 unspecified atom stereocenters. The van der Waals surface area contributed by atoms with Crippen molar-refractivity contribution in [1.82, 2.24) is 19.6 Å². The lowest BCUT2D eigenvalue weighted by atomic mass is 10.0. The van der Waals surface area contributed by atoms with E-state index in [9.17, 15) is 18.0 Å². The molecule has 0 saturated heterocycles. The van der Waals surface area contributed by atoms with Crippen LogP contribution >= 0.6 is 0 Å². The third-order valence-electron chi connectivity index (χ3n) is 10.6. The summed E-state index contributed by atoms with van der Waals surface area (Å²) >= 11 is 0. The Balaban J connectivity index is 0.824. The standard InChI is InChI=1S/C52H34N4O6S/c57-51-47-17-9-7-15-45(47)49(53-55(51)37-11-3-1-4-12-37)35-19-23-39(24-20-35)61-41-27-31-43(32-28-41)63(59,60)44-33-29-42(30-34-44)62-40-25-21-36(22-26-40)50-46-16-8-10-18-48(46)52(58)56(54-50)38-13-5-2-6-14-38/h1-34H. The number of para-hydroxylation sites is 2. The Morgan fingerprint density at radius 3 is 1.00 bits per heavy atom. The fourth-order valence-electron chi connectivity index (χ4n) is 7.44. The average molecular weight is 843 g/mol. The van der Waals surface area contributed by atoms with E-state index in [1.807, 2.05) is 121 Å². The Morgan fingerprint density at radius 1 is 0.349 bits per heavy atom. The predicted molar refractivity (Wildman–Crippen MR) is 244 cm³/mol. The highest BCUT2D eigenvalue weighted by atomic mass is 32.2. The van der Waals surface area contributed by atoms with Gasteiger partial charge in [0, 0.05) is 21.9 Å². The molecule has 2 heterocycles. The minimum Gasteiger partial charge on any atom is -0.457 e. The van der Waals surface area contributed by atoms with Gasteiger partial charge in [0.1, 0.15) is 23.0 Å². The van der Waals surface area contributed by atoms with E-state index in [0.29, 0.717) is 56.5 Å². The van der Waals surface area contributed by atoms with E-state index >= 15 is 0 Å². The number of hydrogen-bond acceptors (Lipinski definition) is 8. The molecule has 0 aliphatic carbocycles. The second kappa shape index (κ2) is 16.2. The van der Waals surface area contributed by atoms with Crippen LogP contribution in [-0.4, -0.2) is 28.0 Å². The van der Waals surface area contributed by atoms with Crippen molar-refractivity contribution in [3.8, 4) is 56.9 Å². The number of fused-ring (bicyclic) bond motifs is 2. The summed E-state index contributed by atoms with van der Waals surface area (Å²) in [5.41, 5.74) is 3.83. The van der Waals surface area contributed by atoms with Gasteiger partial charge >= 0.3 is 0 Å². The Labute approximate surface area is 361 Å². The van der Waals surface area contributed by atoms with Gasteiger partial charge in [-0.1, -0.05) is 72.8 Å². The Morgan fingerprint density at radius 2 is 0.651 bits per heavy atom. The number of nitrogens with zero attached hydrogens (tertiary/aromatic N) is 4. The number of aromatic nitrogens is 4. The van der Waals surface area contributed by atoms with Crippen molar-refractivity contribution in [3.05, 3.63) is 227 Å². The number of hydrogen-bond donors (Lipinski definition) is 0. The first-order valence-electron chi connectivity index (χ1n) is 20.0. The molecule has 0 fully saturated rings. The van der Waals surface area contributed by atoms with Crippen LogP contribution in [0.25, 0.3) is 55.4 Å². The monoisotopic (exact) mass is 842 g/mol. The minimum atomic E-state index is -3.85. The van der Waals surface area contributed by atoms with Crippen LogP contribution in [0.1, 0.15) is 0 Å². The molecule has 10 aromatic rings. The smallest absolute Gasteiger partial charge is 0.279 e. The first-order chi connectivity index (χ1) is 30.8. The van der Waals surface area contributed by atoms with Gasteiger partial charge in [-0.2, -0.15) is 19.6 Å². The molecule has 8 aromatic carbocycles. The van der Waals surface area contributed by atoms with Gasteiger partial charge in [0.15, 0.2) is 0 Å². The molecule has 0 N–H and O–H groups in total. The molecule has 304 valence electrons. The number of benzene rings is 8. The van der Waals surface area contributed by atoms with E-state index in [-0.39, 0.29) is 20.9 Å². The highest BCUT2D eigenvalue weighted by molar-refractivity contribution is 7.91. The maximum absolute atomic E-state index is 13.6. The van der Waals surface area contributed by atoms with Crippen molar-refractivity contribution in [2.45, 2.75) is 9.79 Å². The SMILES string of the molecule is O=c1c2ccccc2c(-c2ccc(Oc3ccc(S(=O)(=O)c4ccc(Oc5ccc(-c6nn(-c7ccccc7)c(=O)c7ccccc67)cc5)cc4)cc3)cc2)nn1-c1ccccc1. The molecular formula is C52H34N4O6S. The number of sulfone groups is 1. The van der Waals surface area contributed by atoms with Crippen LogP contribution in [0.4, 0.5) is 0 Å². The molecule has 2 aromatic heterocycles. The van der Waals surface area contributed by atoms with Crippen LogP contribution < -0.4 is 20.6 Å². The van der Waals surface area contributed by atoms with Gasteiger partial charge < -0.3 is 9.47 Å². The third kappa shape index (κ3) is 7.53. The quantitative estimate of drug-likeness (QED) is 0.133. The van der Waals surface area contributed by atoms with E-state index in [0.717, 1.165) is 21.9 Å². The van der Waals surface area contributed by atoms with Gasteiger partial charge in [-0.25, -0.2) is 8.42 Å². The van der Waals surface area contributed by atoms with Crippen LogP contribution in [0.15, 0.2) is 226 Å². The number of rotatable bonds is 10. The summed E-state index contributed by atoms with van der Waals surface area (Å²) in [6.45, 7) is 0. The fourth-order valence-corrected chi connectivity index (χ4v) is 8.70. The van der Waals surface area contributed by atoms with E-state index < -0.39 is 9.84 Å². The second-order valence-corrected chi connectivity index (χ2v) is 16.5. The van der Waals surface area contributed by atoms with Crippen molar-refractivity contribution < 1.29 is 17.9 Å². The van der Waals surface area contributed by atoms with E-state index in [4.69, 9.17) is 19.7 Å². The first kappa shape index (κ1) is 38.8. The highest BCUT2D eigenvalue weighted by Crippen LogP contribution is 2.33. The summed E-state index contributed by atoms with van der Waals surface area (Å²) in [7, 11) is -3.85. The summed E-state index contributed by atoms with van der Waals surface area (Å²) in [6, 6.07) is 60.6. The largest absolute Gasteiger partial charge is 0.457 e. The van der Waals surface area contributed by atoms with Gasteiger partial charge in [-0.3, -0.25) is 9.59 Å². The first-order valence-corrected chi connectivity index (χ1v) is 21.5. The molecular weight excluding hydrogens is 809 g/mol. The molecule has 10 rings (SSSR count). The van der Waals surface area contributed by atoms with Crippen LogP contribution in [0.5, 0.6) is 23.0 Å². The lowest BCUT2D eigenvalue weighted by molar-refractivity contribution is 0.482. The van der Waals surface area contributed by atoms with Crippen LogP contribution in [0.3, 0.4) is 0 Å². The Kier molecular flexibility index (Phi) is 9.98. The lowest BCUT2D eigenvalue weighted by Gasteiger charge is -2.12. The third-order valence-corrected chi connectivity index (χ3v) is 12.4. The Hall–Kier alpha value is -8.41. The lowest BCUT2D eigenvalue weighted by Crippen LogP contribution is -2.22. The topological polar surface area (TPSA) is 122 Å². The maximum atomic E-state index is 13.6. The molecule has 0 atom stereocenters. The zero-order chi connectivity index (χ0) is 42.9. The minimum absolute atomic E-state index is 0.112. The molecule has 0 radical (unpaired) electrons. The second-order valence-electron chi connectivity index (χ2n) is 14.6. The molecule has 0 aliphatic rings. The van der Waals surface area contributed by atoms with Crippen molar-refractivity contribution in [2.24, 2.45) is 0 Å². The number of ether oxygens (including phenoxy) is 2. The molecule has 11 heteroatoms. The molecule has 10 nitrogen and oxygen atoms in total. The van der Waals surface area contributed by atoms with Crippen LogP contribution in [0, 0.1) is 0 Å². The van der Waals surface area contributed by atoms with E-state index in [1.54, 1.807) is 60.7 Å². The van der Waals surface area contributed by atoms with Crippen molar-refractivity contribution in [1.29, 1.82) is 0 Å². The molecule has 0 aliphatic heterocycles. The summed E-state index contributed by atoms with van der Waals surface area (Å²) in [5, 5.41) is 12.1. The summed E-state index contributed by atoms with van der Waals surface area (Å²) < 4.78 is 42.3. The zero-order valence-corrected chi connectivity index (χ0v) is 34.1. The maximum Gasteiger partial charge on any atom is 0.279 e. The van der Waals surface area contributed by atoms with Crippen LogP contribution in [0.2, 0.25) is 0 Å². The normalized spacial score (nSPS) is 11.4. The molecule has 0 bridgehead atoms. The average Bonchev–Trinajstić information content (AvgIpc) is 3.33. The van der Waals surface area contributed by atoms with Gasteiger partial charge in [-0.05, 0) is 133 Å². The zero-order valence-electron chi connectivity index (χ0n) is 33.3. The highest BCUT2D eigenvalue weighted by Gasteiger charge is 2.19. The molecule has 0 amide bonds. The molecule has 0 spiro atoms. The van der Waals surface area contributed by atoms with Gasteiger partial charge in [0.25, 0.3) is 11.1 Å². The predicted octanol–water partition coefficient (Wildman–Crippen LogP) is 10.8. The molecule has 63 heavy (non-hydrogen) atoms. The van der Waals surface area contributed by atoms with E-state index in [2.05, 4.69) is 0 Å².